The van der Waals surface area contributed by atoms with Gasteiger partial charge in [0.05, 0.1) is 5.60 Å². The number of methoxy groups -OCH3 is 1. The lowest BCUT2D eigenvalue weighted by molar-refractivity contribution is -0.0800. The lowest BCUT2D eigenvalue weighted by atomic mass is 9.69. The van der Waals surface area contributed by atoms with Gasteiger partial charge in [-0.2, -0.15) is 0 Å². The molecule has 2 rings (SSSR count). The SMILES string of the molecule is COC12CCCC(CCC1)C2. The van der Waals surface area contributed by atoms with Crippen molar-refractivity contribution in [3.05, 3.63) is 0 Å². The molecule has 2 fully saturated rings. The largest absolute Gasteiger partial charge is 0.378 e. The minimum absolute atomic E-state index is 0.321. The summed E-state index contributed by atoms with van der Waals surface area (Å²) in [7, 11) is 1.90. The van der Waals surface area contributed by atoms with Gasteiger partial charge in [-0.1, -0.05) is 25.7 Å². The van der Waals surface area contributed by atoms with E-state index >= 15 is 0 Å². The Morgan fingerprint density at radius 2 is 1.82 bits per heavy atom. The molecule has 0 aliphatic heterocycles. The number of rotatable bonds is 1. The molecular weight excluding hydrogens is 136 g/mol. The van der Waals surface area contributed by atoms with Gasteiger partial charge in [-0.3, -0.25) is 0 Å². The molecule has 0 atom stereocenters. The molecule has 0 N–H and O–H groups in total. The van der Waals surface area contributed by atoms with E-state index in [0.29, 0.717) is 5.60 Å². The normalized spacial score (nSPS) is 43.9. The third-order valence-corrected chi connectivity index (χ3v) is 3.58. The average molecular weight is 154 g/mol. The van der Waals surface area contributed by atoms with E-state index in [1.807, 2.05) is 7.11 Å². The highest BCUT2D eigenvalue weighted by atomic mass is 16.5. The van der Waals surface area contributed by atoms with E-state index in [-0.39, 0.29) is 0 Å². The second-order valence-corrected chi connectivity index (χ2v) is 4.24. The average Bonchev–Trinajstić information content (AvgIpc) is 2.05. The molecule has 2 aliphatic rings. The van der Waals surface area contributed by atoms with E-state index in [4.69, 9.17) is 4.74 Å². The van der Waals surface area contributed by atoms with E-state index in [2.05, 4.69) is 0 Å². The standard InChI is InChI=1S/C10H18O/c1-11-10-6-2-4-9(8-10)5-3-7-10/h9H,2-8H2,1H3. The highest BCUT2D eigenvalue weighted by molar-refractivity contribution is 4.91. The molecular formula is C10H18O. The Hall–Kier alpha value is -0.0400. The zero-order valence-corrected chi connectivity index (χ0v) is 7.44. The van der Waals surface area contributed by atoms with Crippen molar-refractivity contribution in [2.75, 3.05) is 7.11 Å². The Bertz CT molecular complexity index is 132. The lowest BCUT2D eigenvalue weighted by Gasteiger charge is -2.44. The molecule has 2 bridgehead atoms. The molecule has 0 amide bonds. The Morgan fingerprint density at radius 3 is 2.27 bits per heavy atom. The Labute approximate surface area is 69.1 Å². The first-order valence-corrected chi connectivity index (χ1v) is 4.90. The molecule has 1 heteroatoms. The molecule has 2 aliphatic carbocycles. The fourth-order valence-corrected chi connectivity index (χ4v) is 2.92. The summed E-state index contributed by atoms with van der Waals surface area (Å²) in [6, 6.07) is 0. The van der Waals surface area contributed by atoms with Gasteiger partial charge in [-0.25, -0.2) is 0 Å². The van der Waals surface area contributed by atoms with Crippen molar-refractivity contribution in [2.45, 2.75) is 50.5 Å². The number of hydrogen-bond acceptors (Lipinski definition) is 1. The van der Waals surface area contributed by atoms with E-state index in [1.54, 1.807) is 0 Å². The summed E-state index contributed by atoms with van der Waals surface area (Å²) in [5, 5.41) is 0. The summed E-state index contributed by atoms with van der Waals surface area (Å²) in [5.41, 5.74) is 0.321. The topological polar surface area (TPSA) is 9.23 Å². The van der Waals surface area contributed by atoms with Crippen LogP contribution in [0.4, 0.5) is 0 Å². The van der Waals surface area contributed by atoms with Crippen molar-refractivity contribution in [1.29, 1.82) is 0 Å². The van der Waals surface area contributed by atoms with Gasteiger partial charge in [-0.15, -0.1) is 0 Å². The second-order valence-electron chi connectivity index (χ2n) is 4.24. The van der Waals surface area contributed by atoms with Crippen molar-refractivity contribution < 1.29 is 4.74 Å². The Kier molecular flexibility index (Phi) is 1.92. The van der Waals surface area contributed by atoms with E-state index in [9.17, 15) is 0 Å². The van der Waals surface area contributed by atoms with Crippen LogP contribution in [0.5, 0.6) is 0 Å². The van der Waals surface area contributed by atoms with Crippen LogP contribution in [0.25, 0.3) is 0 Å². The van der Waals surface area contributed by atoms with Crippen molar-refractivity contribution in [1.82, 2.24) is 0 Å². The van der Waals surface area contributed by atoms with Gasteiger partial charge < -0.3 is 4.74 Å². The van der Waals surface area contributed by atoms with Crippen LogP contribution in [0, 0.1) is 5.92 Å². The summed E-state index contributed by atoms with van der Waals surface area (Å²) in [4.78, 5) is 0. The van der Waals surface area contributed by atoms with E-state index in [1.165, 1.54) is 44.9 Å². The summed E-state index contributed by atoms with van der Waals surface area (Å²) >= 11 is 0. The third kappa shape index (κ3) is 1.31. The molecule has 0 heterocycles. The highest BCUT2D eigenvalue weighted by Gasteiger charge is 2.38. The zero-order chi connectivity index (χ0) is 7.73. The Morgan fingerprint density at radius 1 is 1.18 bits per heavy atom. The molecule has 11 heavy (non-hydrogen) atoms. The van der Waals surface area contributed by atoms with Crippen LogP contribution in [0.1, 0.15) is 44.9 Å². The van der Waals surface area contributed by atoms with Gasteiger partial charge in [0.1, 0.15) is 0 Å². The molecule has 0 aromatic heterocycles. The molecule has 0 spiro atoms. The monoisotopic (exact) mass is 154 g/mol. The minimum atomic E-state index is 0.321. The van der Waals surface area contributed by atoms with Crippen molar-refractivity contribution in [3.63, 3.8) is 0 Å². The molecule has 2 saturated carbocycles. The van der Waals surface area contributed by atoms with Gasteiger partial charge in [-0.05, 0) is 25.2 Å². The van der Waals surface area contributed by atoms with Gasteiger partial charge in [0.25, 0.3) is 0 Å². The predicted octanol–water partition coefficient (Wildman–Crippen LogP) is 2.75. The first kappa shape index (κ1) is 7.60. The third-order valence-electron chi connectivity index (χ3n) is 3.58. The zero-order valence-electron chi connectivity index (χ0n) is 7.44. The fraction of sp³-hybridized carbons (Fsp3) is 1.00. The van der Waals surface area contributed by atoms with Crippen LogP contribution in [-0.2, 0) is 4.74 Å². The van der Waals surface area contributed by atoms with Crippen LogP contribution < -0.4 is 0 Å². The number of fused-ring (bicyclic) bond motifs is 2. The van der Waals surface area contributed by atoms with Crippen LogP contribution in [-0.4, -0.2) is 12.7 Å². The van der Waals surface area contributed by atoms with Gasteiger partial charge in [0.15, 0.2) is 0 Å². The van der Waals surface area contributed by atoms with Crippen LogP contribution in [0.2, 0.25) is 0 Å². The van der Waals surface area contributed by atoms with Crippen molar-refractivity contribution in [3.8, 4) is 0 Å². The summed E-state index contributed by atoms with van der Waals surface area (Å²) in [6.45, 7) is 0. The first-order valence-electron chi connectivity index (χ1n) is 4.90. The molecule has 64 valence electrons. The van der Waals surface area contributed by atoms with Crippen molar-refractivity contribution >= 4 is 0 Å². The highest BCUT2D eigenvalue weighted by Crippen LogP contribution is 2.44. The molecule has 1 nitrogen and oxygen atoms in total. The van der Waals surface area contributed by atoms with Crippen LogP contribution >= 0.6 is 0 Å². The van der Waals surface area contributed by atoms with Crippen LogP contribution in [0.3, 0.4) is 0 Å². The minimum Gasteiger partial charge on any atom is -0.378 e. The predicted molar refractivity (Wildman–Crippen MR) is 45.5 cm³/mol. The van der Waals surface area contributed by atoms with Gasteiger partial charge in [0, 0.05) is 7.11 Å². The smallest absolute Gasteiger partial charge is 0.0681 e. The number of ether oxygens (including phenoxy) is 1. The maximum atomic E-state index is 5.65. The second kappa shape index (κ2) is 2.78. The summed E-state index contributed by atoms with van der Waals surface area (Å²) in [6.07, 6.45) is 9.72. The fourth-order valence-electron chi connectivity index (χ4n) is 2.92. The maximum Gasteiger partial charge on any atom is 0.0681 e. The summed E-state index contributed by atoms with van der Waals surface area (Å²) in [5.74, 6) is 0.998. The summed E-state index contributed by atoms with van der Waals surface area (Å²) < 4.78 is 5.65. The van der Waals surface area contributed by atoms with E-state index < -0.39 is 0 Å². The van der Waals surface area contributed by atoms with Crippen LogP contribution in [0.15, 0.2) is 0 Å². The lowest BCUT2D eigenvalue weighted by Crippen LogP contribution is -2.40. The molecule has 0 unspecified atom stereocenters. The van der Waals surface area contributed by atoms with Crippen molar-refractivity contribution in [2.24, 2.45) is 5.92 Å². The quantitative estimate of drug-likeness (QED) is 0.564. The van der Waals surface area contributed by atoms with E-state index in [0.717, 1.165) is 5.92 Å². The number of hydrogen-bond donors (Lipinski definition) is 0. The van der Waals surface area contributed by atoms with Gasteiger partial charge >= 0.3 is 0 Å². The first-order chi connectivity index (χ1) is 5.35. The Balaban J connectivity index is 2.07. The molecule has 0 aromatic rings. The molecule has 0 radical (unpaired) electrons. The van der Waals surface area contributed by atoms with Gasteiger partial charge in [0.2, 0.25) is 0 Å². The molecule has 0 saturated heterocycles. The molecule has 0 aromatic carbocycles. The maximum absolute atomic E-state index is 5.65.